The first kappa shape index (κ1) is 42.9. The van der Waals surface area contributed by atoms with E-state index in [1.165, 1.54) is 36.4 Å². The summed E-state index contributed by atoms with van der Waals surface area (Å²) in [4.78, 5) is 74.7. The Kier molecular flexibility index (Phi) is 13.3. The minimum absolute atomic E-state index is 0.000986. The molecule has 2 atom stereocenters. The highest BCUT2D eigenvalue weighted by Gasteiger charge is 2.19. The van der Waals surface area contributed by atoms with Gasteiger partial charge in [0.25, 0.3) is 22.2 Å². The summed E-state index contributed by atoms with van der Waals surface area (Å²) < 4.78 is 13.0. The fourth-order valence-electron chi connectivity index (χ4n) is 5.00. The van der Waals surface area contributed by atoms with Gasteiger partial charge in [0.05, 0.1) is 31.5 Å². The standard InChI is InChI=1S/2C17H16Cl2N6O4/c2*1-3-7(2)9-6-12(22-23-15(9)26)29-13-10(18)4-8(5-11(13)19)25-17(28)21-16(27)14(20)24-25/h2*4-7H,3H2,1-2H3,(H2,20,24)(H,23,26)(H,21,27,28)/t2*7-/m10/s1. The average Bonchev–Trinajstić information content (AvgIpc) is 3.18. The van der Waals surface area contributed by atoms with Gasteiger partial charge in [-0.1, -0.05) is 74.1 Å². The molecule has 0 saturated carbocycles. The van der Waals surface area contributed by atoms with E-state index in [2.05, 4.69) is 30.6 Å². The minimum atomic E-state index is -0.814. The normalized spacial score (nSPS) is 12.0. The van der Waals surface area contributed by atoms with Crippen LogP contribution in [0.3, 0.4) is 0 Å². The zero-order valence-corrected chi connectivity index (χ0v) is 33.7. The molecule has 0 aliphatic heterocycles. The van der Waals surface area contributed by atoms with Gasteiger partial charge in [0, 0.05) is 23.3 Å². The second-order valence-corrected chi connectivity index (χ2v) is 14.0. The summed E-state index contributed by atoms with van der Waals surface area (Å²) in [5.74, 6) is -0.462. The number of nitrogens with two attached hydrogens (primary N) is 2. The van der Waals surface area contributed by atoms with Gasteiger partial charge < -0.3 is 20.9 Å². The quantitative estimate of drug-likeness (QED) is 0.111. The smallest absolute Gasteiger partial charge is 0.349 e. The maximum absolute atomic E-state index is 12.0. The van der Waals surface area contributed by atoms with Crippen LogP contribution in [0, 0.1) is 0 Å². The highest BCUT2D eigenvalue weighted by Crippen LogP contribution is 2.39. The van der Waals surface area contributed by atoms with Gasteiger partial charge in [0.1, 0.15) is 0 Å². The first-order valence-corrected chi connectivity index (χ1v) is 18.4. The number of hydrogen-bond donors (Lipinski definition) is 6. The molecule has 0 saturated heterocycles. The van der Waals surface area contributed by atoms with Crippen molar-refractivity contribution < 1.29 is 9.47 Å². The van der Waals surface area contributed by atoms with E-state index in [0.717, 1.165) is 22.2 Å². The molecule has 304 valence electrons. The molecule has 0 aliphatic rings. The Bertz CT molecular complexity index is 2650. The van der Waals surface area contributed by atoms with Crippen LogP contribution in [0.2, 0.25) is 20.1 Å². The van der Waals surface area contributed by atoms with E-state index in [9.17, 15) is 28.8 Å². The number of aromatic amines is 4. The fourth-order valence-corrected chi connectivity index (χ4v) is 6.10. The van der Waals surface area contributed by atoms with Crippen LogP contribution >= 0.6 is 46.4 Å². The molecule has 6 aromatic rings. The Hall–Kier alpha value is -6.22. The summed E-state index contributed by atoms with van der Waals surface area (Å²) in [7, 11) is 0. The van der Waals surface area contributed by atoms with Crippen molar-refractivity contribution in [3.05, 3.63) is 130 Å². The fraction of sp³-hybridized carbons (Fsp3) is 0.235. The minimum Gasteiger partial charge on any atom is -0.434 e. The molecule has 0 radical (unpaired) electrons. The van der Waals surface area contributed by atoms with Crippen molar-refractivity contribution in [2.45, 2.75) is 52.4 Å². The van der Waals surface area contributed by atoms with Crippen LogP contribution in [0.4, 0.5) is 11.6 Å². The summed E-state index contributed by atoms with van der Waals surface area (Å²) in [5, 5.41) is 20.1. The van der Waals surface area contributed by atoms with Crippen LogP contribution in [0.1, 0.15) is 63.5 Å². The molecule has 0 unspecified atom stereocenters. The van der Waals surface area contributed by atoms with Gasteiger partial charge in [-0.25, -0.2) is 19.8 Å². The maximum atomic E-state index is 12.0. The maximum Gasteiger partial charge on any atom is 0.349 e. The van der Waals surface area contributed by atoms with E-state index in [4.69, 9.17) is 67.3 Å². The molecular weight excluding hydrogens is 846 g/mol. The molecule has 0 fully saturated rings. The SMILES string of the molecule is CC[C@@H](C)c1cc(Oc2c(Cl)cc(-n3nc(N)c(=O)[nH]c3=O)cc2Cl)n[nH]c1=O.CC[C@H](C)c1cc(Oc2c(Cl)cc(-n3nc(N)c(=O)[nH]c3=O)cc2Cl)n[nH]c1=O. The predicted molar refractivity (Wildman–Crippen MR) is 217 cm³/mol. The Morgan fingerprint density at radius 1 is 0.586 bits per heavy atom. The number of rotatable bonds is 10. The lowest BCUT2D eigenvalue weighted by molar-refractivity contribution is 0.451. The van der Waals surface area contributed by atoms with E-state index in [-0.39, 0.29) is 77.7 Å². The van der Waals surface area contributed by atoms with E-state index in [0.29, 0.717) is 11.1 Å². The Morgan fingerprint density at radius 3 is 1.22 bits per heavy atom. The number of nitrogens with one attached hydrogen (secondary N) is 4. The molecule has 58 heavy (non-hydrogen) atoms. The largest absolute Gasteiger partial charge is 0.434 e. The van der Waals surface area contributed by atoms with Crippen molar-refractivity contribution in [3.63, 3.8) is 0 Å². The van der Waals surface area contributed by atoms with E-state index < -0.39 is 34.1 Å². The molecule has 4 heterocycles. The summed E-state index contributed by atoms with van der Waals surface area (Å²) in [6.07, 6.45) is 1.51. The lowest BCUT2D eigenvalue weighted by Crippen LogP contribution is -2.33. The first-order valence-electron chi connectivity index (χ1n) is 16.9. The lowest BCUT2D eigenvalue weighted by atomic mass is 10.0. The topological polar surface area (TPSA) is 298 Å². The summed E-state index contributed by atoms with van der Waals surface area (Å²) in [6, 6.07) is 8.46. The highest BCUT2D eigenvalue weighted by molar-refractivity contribution is 6.38. The van der Waals surface area contributed by atoms with Crippen molar-refractivity contribution in [1.82, 2.24) is 49.9 Å². The average molecular weight is 879 g/mol. The Morgan fingerprint density at radius 2 is 0.914 bits per heavy atom. The predicted octanol–water partition coefficient (Wildman–Crippen LogP) is 4.40. The number of nitrogens with zero attached hydrogens (tertiary/aromatic N) is 6. The Balaban J connectivity index is 0.000000221. The first-order chi connectivity index (χ1) is 27.4. The number of nitrogen functional groups attached to an aromatic ring is 2. The van der Waals surface area contributed by atoms with E-state index >= 15 is 0 Å². The lowest BCUT2D eigenvalue weighted by Gasteiger charge is -2.13. The van der Waals surface area contributed by atoms with Crippen molar-refractivity contribution in [2.24, 2.45) is 0 Å². The molecule has 0 aliphatic carbocycles. The number of H-pyrrole nitrogens is 4. The summed E-state index contributed by atoms with van der Waals surface area (Å²) in [5.41, 5.74) is 8.42. The zero-order chi connectivity index (χ0) is 42.6. The van der Waals surface area contributed by atoms with Gasteiger partial charge in [-0.15, -0.1) is 20.4 Å². The molecule has 4 aromatic heterocycles. The molecule has 0 bridgehead atoms. The molecule has 20 nitrogen and oxygen atoms in total. The highest BCUT2D eigenvalue weighted by atomic mass is 35.5. The monoisotopic (exact) mass is 876 g/mol. The molecular formula is C34H32Cl4N12O8. The number of anilines is 2. The van der Waals surface area contributed by atoms with Gasteiger partial charge in [-0.3, -0.25) is 29.1 Å². The van der Waals surface area contributed by atoms with Crippen molar-refractivity contribution in [1.29, 1.82) is 0 Å². The van der Waals surface area contributed by atoms with Crippen molar-refractivity contribution in [2.75, 3.05) is 11.5 Å². The Labute approximate surface area is 344 Å². The summed E-state index contributed by atoms with van der Waals surface area (Å²) >= 11 is 25.1. The van der Waals surface area contributed by atoms with Crippen LogP contribution in [-0.4, -0.2) is 49.9 Å². The zero-order valence-electron chi connectivity index (χ0n) is 30.6. The van der Waals surface area contributed by atoms with Crippen LogP contribution in [-0.2, 0) is 0 Å². The molecule has 0 spiro atoms. The molecule has 6 rings (SSSR count). The van der Waals surface area contributed by atoms with Gasteiger partial charge >= 0.3 is 11.4 Å². The second kappa shape index (κ2) is 17.9. The number of halogens is 4. The third-order valence-electron chi connectivity index (χ3n) is 8.48. The molecule has 24 heteroatoms. The van der Waals surface area contributed by atoms with Crippen molar-refractivity contribution in [3.8, 4) is 34.6 Å². The third kappa shape index (κ3) is 9.48. The number of ether oxygens (including phenoxy) is 2. The van der Waals surface area contributed by atoms with Crippen LogP contribution in [0.15, 0.2) is 65.2 Å². The van der Waals surface area contributed by atoms with Gasteiger partial charge in [0.2, 0.25) is 23.4 Å². The van der Waals surface area contributed by atoms with Crippen LogP contribution in [0.25, 0.3) is 11.4 Å². The van der Waals surface area contributed by atoms with Gasteiger partial charge in [0.15, 0.2) is 11.5 Å². The van der Waals surface area contributed by atoms with Crippen LogP contribution in [0.5, 0.6) is 23.3 Å². The molecule has 0 amide bonds. The van der Waals surface area contributed by atoms with E-state index in [1.807, 2.05) is 37.7 Å². The number of hydrogen-bond acceptors (Lipinski definition) is 14. The summed E-state index contributed by atoms with van der Waals surface area (Å²) in [6.45, 7) is 7.72. The van der Waals surface area contributed by atoms with Gasteiger partial charge in [-0.05, 0) is 48.9 Å². The molecule has 8 N–H and O–H groups in total. The number of benzene rings is 2. The second-order valence-electron chi connectivity index (χ2n) is 12.4. The number of aromatic nitrogens is 10. The van der Waals surface area contributed by atoms with Crippen molar-refractivity contribution >= 4 is 58.0 Å². The molecule has 2 aromatic carbocycles. The van der Waals surface area contributed by atoms with Gasteiger partial charge in [-0.2, -0.15) is 9.36 Å². The van der Waals surface area contributed by atoms with E-state index in [1.54, 1.807) is 0 Å². The third-order valence-corrected chi connectivity index (χ3v) is 9.60. The van der Waals surface area contributed by atoms with Crippen LogP contribution < -0.4 is 54.6 Å².